The fourth-order valence-corrected chi connectivity index (χ4v) is 1.22. The smallest absolute Gasteiger partial charge is 0.372 e. The van der Waals surface area contributed by atoms with Crippen LogP contribution in [0.1, 0.15) is 20.9 Å². The molecule has 1 N–H and O–H groups in total. The molecule has 0 aliphatic rings. The summed E-state index contributed by atoms with van der Waals surface area (Å²) in [4.78, 5) is 25.2. The van der Waals surface area contributed by atoms with Crippen LogP contribution < -0.4 is 0 Å². The Bertz CT molecular complexity index is 515. The van der Waals surface area contributed by atoms with E-state index in [-0.39, 0.29) is 16.8 Å². The molecule has 0 spiro atoms. The summed E-state index contributed by atoms with van der Waals surface area (Å²) in [6.07, 6.45) is 1.90. The SMILES string of the molecule is O=Cc1c(C(=O)O)oc2cccnc12. The van der Waals surface area contributed by atoms with E-state index in [9.17, 15) is 9.59 Å². The molecular weight excluding hydrogens is 186 g/mol. The third-order valence-electron chi connectivity index (χ3n) is 1.79. The Kier molecular flexibility index (Phi) is 1.78. The Morgan fingerprint density at radius 1 is 1.57 bits per heavy atom. The number of hydrogen-bond donors (Lipinski definition) is 1. The molecule has 0 saturated carbocycles. The predicted octanol–water partition coefficient (Wildman–Crippen LogP) is 1.34. The zero-order valence-electron chi connectivity index (χ0n) is 6.93. The van der Waals surface area contributed by atoms with Crippen LogP contribution >= 0.6 is 0 Å². The van der Waals surface area contributed by atoms with Gasteiger partial charge in [0, 0.05) is 6.20 Å². The molecular formula is C9H5NO4. The summed E-state index contributed by atoms with van der Waals surface area (Å²) in [6.45, 7) is 0. The van der Waals surface area contributed by atoms with Gasteiger partial charge in [-0.15, -0.1) is 0 Å². The number of nitrogens with zero attached hydrogens (tertiary/aromatic N) is 1. The summed E-state index contributed by atoms with van der Waals surface area (Å²) >= 11 is 0. The van der Waals surface area contributed by atoms with E-state index in [0.29, 0.717) is 11.9 Å². The molecule has 0 radical (unpaired) electrons. The Balaban J connectivity index is 2.85. The molecule has 0 atom stereocenters. The molecule has 0 aromatic carbocycles. The predicted molar refractivity (Wildman–Crippen MR) is 46.4 cm³/mol. The van der Waals surface area contributed by atoms with Crippen LogP contribution in [0, 0.1) is 0 Å². The van der Waals surface area contributed by atoms with Gasteiger partial charge in [0.05, 0.1) is 5.56 Å². The highest BCUT2D eigenvalue weighted by Gasteiger charge is 2.19. The third-order valence-corrected chi connectivity index (χ3v) is 1.79. The lowest BCUT2D eigenvalue weighted by molar-refractivity contribution is 0.0661. The maximum Gasteiger partial charge on any atom is 0.372 e. The van der Waals surface area contributed by atoms with Crippen molar-refractivity contribution in [3.05, 3.63) is 29.7 Å². The number of carbonyl (C=O) groups excluding carboxylic acids is 1. The minimum absolute atomic E-state index is 0.0203. The van der Waals surface area contributed by atoms with E-state index in [1.807, 2.05) is 0 Å². The van der Waals surface area contributed by atoms with Gasteiger partial charge >= 0.3 is 5.97 Å². The number of rotatable bonds is 2. The maximum atomic E-state index is 10.7. The zero-order chi connectivity index (χ0) is 10.1. The molecule has 0 aliphatic heterocycles. The van der Waals surface area contributed by atoms with Crippen LogP contribution in [0.15, 0.2) is 22.7 Å². The van der Waals surface area contributed by atoms with E-state index in [4.69, 9.17) is 9.52 Å². The van der Waals surface area contributed by atoms with Crippen LogP contribution in [-0.4, -0.2) is 22.3 Å². The number of fused-ring (bicyclic) bond motifs is 1. The molecule has 0 amide bonds. The molecule has 70 valence electrons. The summed E-state index contributed by atoms with van der Waals surface area (Å²) in [6, 6.07) is 3.16. The van der Waals surface area contributed by atoms with E-state index in [2.05, 4.69) is 4.98 Å². The number of aromatic nitrogens is 1. The summed E-state index contributed by atoms with van der Waals surface area (Å²) in [5.41, 5.74) is 0.556. The second kappa shape index (κ2) is 2.95. The van der Waals surface area contributed by atoms with Crippen LogP contribution in [0.25, 0.3) is 11.1 Å². The highest BCUT2D eigenvalue weighted by Crippen LogP contribution is 2.21. The number of carboxylic acid groups (broad SMARTS) is 1. The molecule has 0 unspecified atom stereocenters. The molecule has 2 heterocycles. The van der Waals surface area contributed by atoms with Gasteiger partial charge in [0.2, 0.25) is 5.76 Å². The van der Waals surface area contributed by atoms with Gasteiger partial charge in [-0.05, 0) is 12.1 Å². The van der Waals surface area contributed by atoms with Gasteiger partial charge in [0.15, 0.2) is 11.9 Å². The quantitative estimate of drug-likeness (QED) is 0.724. The van der Waals surface area contributed by atoms with Crippen molar-refractivity contribution in [2.45, 2.75) is 0 Å². The first-order valence-electron chi connectivity index (χ1n) is 3.80. The summed E-state index contributed by atoms with van der Waals surface area (Å²) in [5, 5.41) is 8.72. The number of hydrogen-bond acceptors (Lipinski definition) is 4. The van der Waals surface area contributed by atoms with Gasteiger partial charge in [-0.25, -0.2) is 4.79 Å². The number of carboxylic acids is 1. The minimum atomic E-state index is -1.27. The first-order chi connectivity index (χ1) is 6.74. The lowest BCUT2D eigenvalue weighted by Gasteiger charge is -1.85. The van der Waals surface area contributed by atoms with Crippen molar-refractivity contribution in [3.63, 3.8) is 0 Å². The van der Waals surface area contributed by atoms with Crippen molar-refractivity contribution < 1.29 is 19.1 Å². The van der Waals surface area contributed by atoms with E-state index >= 15 is 0 Å². The van der Waals surface area contributed by atoms with Crippen molar-refractivity contribution in [1.82, 2.24) is 4.98 Å². The van der Waals surface area contributed by atoms with Crippen molar-refractivity contribution in [1.29, 1.82) is 0 Å². The van der Waals surface area contributed by atoms with Crippen LogP contribution in [0.2, 0.25) is 0 Å². The van der Waals surface area contributed by atoms with E-state index in [0.717, 1.165) is 0 Å². The fraction of sp³-hybridized carbons (Fsp3) is 0. The van der Waals surface area contributed by atoms with E-state index < -0.39 is 5.97 Å². The number of carbonyl (C=O) groups is 2. The van der Waals surface area contributed by atoms with E-state index in [1.54, 1.807) is 12.1 Å². The number of furan rings is 1. The molecule has 0 fully saturated rings. The Hall–Kier alpha value is -2.17. The van der Waals surface area contributed by atoms with Crippen LogP contribution in [0.3, 0.4) is 0 Å². The van der Waals surface area contributed by atoms with Gasteiger partial charge in [-0.3, -0.25) is 9.78 Å². The van der Waals surface area contributed by atoms with Gasteiger partial charge in [-0.1, -0.05) is 0 Å². The van der Waals surface area contributed by atoms with E-state index in [1.165, 1.54) is 6.20 Å². The van der Waals surface area contributed by atoms with Gasteiger partial charge in [-0.2, -0.15) is 0 Å². The second-order valence-corrected chi connectivity index (χ2v) is 2.62. The molecule has 0 bridgehead atoms. The molecule has 0 aliphatic carbocycles. The molecule has 2 aromatic heterocycles. The van der Waals surface area contributed by atoms with Crippen LogP contribution in [-0.2, 0) is 0 Å². The Labute approximate surface area is 78.0 Å². The molecule has 0 saturated heterocycles. The first kappa shape index (κ1) is 8.43. The lowest BCUT2D eigenvalue weighted by atomic mass is 10.2. The van der Waals surface area contributed by atoms with Crippen molar-refractivity contribution >= 4 is 23.4 Å². The average Bonchev–Trinajstić information content (AvgIpc) is 2.56. The lowest BCUT2D eigenvalue weighted by Crippen LogP contribution is -1.97. The van der Waals surface area contributed by atoms with Crippen LogP contribution in [0.4, 0.5) is 0 Å². The summed E-state index contributed by atoms with van der Waals surface area (Å²) in [7, 11) is 0. The normalized spacial score (nSPS) is 10.3. The standard InChI is InChI=1S/C9H5NO4/c11-4-5-7-6(2-1-3-10-7)14-8(5)9(12)13/h1-4H,(H,12,13). The molecule has 5 heteroatoms. The first-order valence-corrected chi connectivity index (χ1v) is 3.80. The largest absolute Gasteiger partial charge is 0.475 e. The molecule has 2 aromatic rings. The number of aromatic carboxylic acids is 1. The number of pyridine rings is 1. The Morgan fingerprint density at radius 2 is 2.36 bits per heavy atom. The Morgan fingerprint density at radius 3 is 3.00 bits per heavy atom. The molecule has 5 nitrogen and oxygen atoms in total. The third kappa shape index (κ3) is 1.06. The van der Waals surface area contributed by atoms with Gasteiger partial charge in [0.25, 0.3) is 0 Å². The van der Waals surface area contributed by atoms with Crippen LogP contribution in [0.5, 0.6) is 0 Å². The average molecular weight is 191 g/mol. The van der Waals surface area contributed by atoms with Crippen molar-refractivity contribution in [3.8, 4) is 0 Å². The minimum Gasteiger partial charge on any atom is -0.475 e. The topological polar surface area (TPSA) is 80.4 Å². The maximum absolute atomic E-state index is 10.7. The number of aldehydes is 1. The molecule has 2 rings (SSSR count). The van der Waals surface area contributed by atoms with Gasteiger partial charge < -0.3 is 9.52 Å². The summed E-state index contributed by atoms with van der Waals surface area (Å²) in [5.74, 6) is -1.64. The van der Waals surface area contributed by atoms with Crippen molar-refractivity contribution in [2.75, 3.05) is 0 Å². The fourth-order valence-electron chi connectivity index (χ4n) is 1.22. The zero-order valence-corrected chi connectivity index (χ0v) is 6.93. The summed E-state index contributed by atoms with van der Waals surface area (Å²) < 4.78 is 4.96. The molecule has 14 heavy (non-hydrogen) atoms. The monoisotopic (exact) mass is 191 g/mol. The highest BCUT2D eigenvalue weighted by molar-refractivity contribution is 6.04. The van der Waals surface area contributed by atoms with Gasteiger partial charge in [0.1, 0.15) is 5.52 Å². The van der Waals surface area contributed by atoms with Crippen molar-refractivity contribution in [2.24, 2.45) is 0 Å². The highest BCUT2D eigenvalue weighted by atomic mass is 16.4. The second-order valence-electron chi connectivity index (χ2n) is 2.62.